The lowest BCUT2D eigenvalue weighted by atomic mass is 10.1. The Bertz CT molecular complexity index is 803. The second-order valence-electron chi connectivity index (χ2n) is 5.77. The summed E-state index contributed by atoms with van der Waals surface area (Å²) >= 11 is 0. The molecular formula is C19H20N4O3. The Morgan fingerprint density at radius 2 is 1.85 bits per heavy atom. The number of amidine groups is 1. The Morgan fingerprint density at radius 1 is 1.15 bits per heavy atom. The molecular weight excluding hydrogens is 332 g/mol. The number of anilines is 1. The van der Waals surface area contributed by atoms with E-state index in [-0.39, 0.29) is 24.2 Å². The molecule has 0 atom stereocenters. The Morgan fingerprint density at radius 3 is 2.54 bits per heavy atom. The smallest absolute Gasteiger partial charge is 0.288 e. The van der Waals surface area contributed by atoms with Crippen molar-refractivity contribution in [2.45, 2.75) is 13.2 Å². The predicted octanol–water partition coefficient (Wildman–Crippen LogP) is 1.40. The van der Waals surface area contributed by atoms with E-state index in [2.05, 4.69) is 15.7 Å². The maximum atomic E-state index is 12.4. The van der Waals surface area contributed by atoms with Crippen LogP contribution < -0.4 is 15.8 Å². The van der Waals surface area contributed by atoms with Gasteiger partial charge in [-0.1, -0.05) is 42.5 Å². The highest BCUT2D eigenvalue weighted by atomic mass is 16.5. The molecule has 134 valence electrons. The molecule has 2 aromatic rings. The number of amides is 2. The molecule has 2 N–H and O–H groups in total. The van der Waals surface area contributed by atoms with Crippen molar-refractivity contribution in [1.82, 2.24) is 10.7 Å². The van der Waals surface area contributed by atoms with Crippen molar-refractivity contribution < 1.29 is 14.3 Å². The summed E-state index contributed by atoms with van der Waals surface area (Å²) in [5.41, 5.74) is 5.48. The van der Waals surface area contributed by atoms with Gasteiger partial charge in [-0.15, -0.1) is 0 Å². The van der Waals surface area contributed by atoms with Crippen LogP contribution in [0.4, 0.5) is 5.69 Å². The fourth-order valence-electron chi connectivity index (χ4n) is 2.52. The SMILES string of the molecule is COCc1ccc(CNC(=O)C2=NCC(=O)N(c3ccccc3)N2)cc1. The molecule has 0 saturated heterocycles. The lowest BCUT2D eigenvalue weighted by molar-refractivity contribution is -0.118. The second-order valence-corrected chi connectivity index (χ2v) is 5.77. The molecule has 0 bridgehead atoms. The van der Waals surface area contributed by atoms with Gasteiger partial charge in [0.05, 0.1) is 12.3 Å². The summed E-state index contributed by atoms with van der Waals surface area (Å²) in [6, 6.07) is 16.9. The molecule has 0 aromatic heterocycles. The highest BCUT2D eigenvalue weighted by Gasteiger charge is 2.25. The Hall–Kier alpha value is -3.19. The first kappa shape index (κ1) is 17.6. The largest absolute Gasteiger partial charge is 0.380 e. The molecule has 7 heteroatoms. The van der Waals surface area contributed by atoms with Crippen molar-refractivity contribution in [3.63, 3.8) is 0 Å². The molecule has 2 aromatic carbocycles. The molecule has 1 aliphatic heterocycles. The van der Waals surface area contributed by atoms with E-state index < -0.39 is 0 Å². The number of aliphatic imine (C=N–C) groups is 1. The maximum Gasteiger partial charge on any atom is 0.288 e. The predicted molar refractivity (Wildman–Crippen MR) is 98.4 cm³/mol. The quantitative estimate of drug-likeness (QED) is 0.823. The number of methoxy groups -OCH3 is 1. The van der Waals surface area contributed by atoms with E-state index in [0.29, 0.717) is 18.8 Å². The summed E-state index contributed by atoms with van der Waals surface area (Å²) in [4.78, 5) is 28.4. The fourth-order valence-corrected chi connectivity index (χ4v) is 2.52. The number of nitrogens with one attached hydrogen (secondary N) is 2. The van der Waals surface area contributed by atoms with Gasteiger partial charge in [-0.2, -0.15) is 0 Å². The van der Waals surface area contributed by atoms with Crippen LogP contribution in [0.3, 0.4) is 0 Å². The minimum absolute atomic E-state index is 0.0731. The van der Waals surface area contributed by atoms with E-state index in [1.807, 2.05) is 42.5 Å². The molecule has 0 fully saturated rings. The van der Waals surface area contributed by atoms with Crippen LogP contribution in [0.25, 0.3) is 0 Å². The van der Waals surface area contributed by atoms with Crippen molar-refractivity contribution in [2.75, 3.05) is 18.7 Å². The first-order valence-corrected chi connectivity index (χ1v) is 8.21. The third-order valence-electron chi connectivity index (χ3n) is 3.86. The number of benzene rings is 2. The Labute approximate surface area is 151 Å². The minimum Gasteiger partial charge on any atom is -0.380 e. The number of nitrogens with zero attached hydrogens (tertiary/aromatic N) is 2. The van der Waals surface area contributed by atoms with Crippen LogP contribution in [-0.2, 0) is 27.5 Å². The fraction of sp³-hybridized carbons (Fsp3) is 0.211. The monoisotopic (exact) mass is 352 g/mol. The lowest BCUT2D eigenvalue weighted by Crippen LogP contribution is -2.55. The number of ether oxygens (including phenoxy) is 1. The molecule has 2 amide bonds. The highest BCUT2D eigenvalue weighted by Crippen LogP contribution is 2.13. The van der Waals surface area contributed by atoms with Crippen LogP contribution in [0, 0.1) is 0 Å². The van der Waals surface area contributed by atoms with Crippen molar-refractivity contribution in [1.29, 1.82) is 0 Å². The average Bonchev–Trinajstić information content (AvgIpc) is 2.68. The third kappa shape index (κ3) is 4.25. The van der Waals surface area contributed by atoms with Crippen molar-refractivity contribution in [2.24, 2.45) is 4.99 Å². The Kier molecular flexibility index (Phi) is 5.60. The summed E-state index contributed by atoms with van der Waals surface area (Å²) in [6.07, 6.45) is 0. The molecule has 3 rings (SSSR count). The molecule has 0 saturated carbocycles. The molecule has 0 aliphatic carbocycles. The number of carbonyl (C=O) groups excluding carboxylic acids is 2. The first-order valence-electron chi connectivity index (χ1n) is 8.21. The van der Waals surface area contributed by atoms with Gasteiger partial charge < -0.3 is 10.1 Å². The first-order chi connectivity index (χ1) is 12.7. The van der Waals surface area contributed by atoms with Gasteiger partial charge in [-0.3, -0.25) is 20.0 Å². The molecule has 7 nitrogen and oxygen atoms in total. The van der Waals surface area contributed by atoms with Crippen LogP contribution in [0.1, 0.15) is 11.1 Å². The summed E-state index contributed by atoms with van der Waals surface area (Å²) < 4.78 is 5.07. The number of para-hydroxylation sites is 1. The molecule has 0 unspecified atom stereocenters. The Balaban J connectivity index is 1.60. The van der Waals surface area contributed by atoms with Crippen LogP contribution >= 0.6 is 0 Å². The van der Waals surface area contributed by atoms with Crippen LogP contribution in [0.2, 0.25) is 0 Å². The van der Waals surface area contributed by atoms with Crippen molar-refractivity contribution in [3.05, 3.63) is 65.7 Å². The summed E-state index contributed by atoms with van der Waals surface area (Å²) in [5.74, 6) is -0.467. The van der Waals surface area contributed by atoms with Gasteiger partial charge in [0.2, 0.25) is 5.84 Å². The number of carbonyl (C=O) groups is 2. The van der Waals surface area contributed by atoms with Gasteiger partial charge in [-0.05, 0) is 23.3 Å². The number of hydrogen-bond acceptors (Lipinski definition) is 5. The van der Waals surface area contributed by atoms with Gasteiger partial charge in [0.15, 0.2) is 0 Å². The van der Waals surface area contributed by atoms with Gasteiger partial charge in [0.1, 0.15) is 6.54 Å². The summed E-state index contributed by atoms with van der Waals surface area (Å²) in [7, 11) is 1.65. The second kappa shape index (κ2) is 8.26. The maximum absolute atomic E-state index is 12.4. The molecule has 0 spiro atoms. The lowest BCUT2D eigenvalue weighted by Gasteiger charge is -2.27. The van der Waals surface area contributed by atoms with Crippen molar-refractivity contribution >= 4 is 23.3 Å². The zero-order chi connectivity index (χ0) is 18.4. The molecule has 26 heavy (non-hydrogen) atoms. The third-order valence-corrected chi connectivity index (χ3v) is 3.86. The topological polar surface area (TPSA) is 83.0 Å². The van der Waals surface area contributed by atoms with E-state index >= 15 is 0 Å². The van der Waals surface area contributed by atoms with Crippen LogP contribution in [0.5, 0.6) is 0 Å². The number of hydrazine groups is 1. The van der Waals surface area contributed by atoms with Crippen molar-refractivity contribution in [3.8, 4) is 0 Å². The molecule has 0 radical (unpaired) electrons. The average molecular weight is 352 g/mol. The van der Waals surface area contributed by atoms with Gasteiger partial charge >= 0.3 is 0 Å². The zero-order valence-corrected chi connectivity index (χ0v) is 14.4. The number of hydrogen-bond donors (Lipinski definition) is 2. The minimum atomic E-state index is -0.362. The van der Waals surface area contributed by atoms with Gasteiger partial charge in [0, 0.05) is 13.7 Å². The summed E-state index contributed by atoms with van der Waals surface area (Å²) in [6.45, 7) is 0.846. The standard InChI is InChI=1S/C19H20N4O3/c1-26-13-15-9-7-14(8-10-15)11-21-19(25)18-20-12-17(24)23(22-18)16-5-3-2-4-6-16/h2-10H,11-13H2,1H3,(H,20,22)(H,21,25). The van der Waals surface area contributed by atoms with Crippen LogP contribution in [0.15, 0.2) is 59.6 Å². The van der Waals surface area contributed by atoms with E-state index in [0.717, 1.165) is 11.1 Å². The van der Waals surface area contributed by atoms with Crippen LogP contribution in [-0.4, -0.2) is 31.3 Å². The van der Waals surface area contributed by atoms with E-state index in [1.54, 1.807) is 19.2 Å². The van der Waals surface area contributed by atoms with E-state index in [1.165, 1.54) is 5.01 Å². The molecule has 1 aliphatic rings. The molecule has 1 heterocycles. The van der Waals surface area contributed by atoms with E-state index in [9.17, 15) is 9.59 Å². The van der Waals surface area contributed by atoms with Gasteiger partial charge in [0.25, 0.3) is 11.8 Å². The highest BCUT2D eigenvalue weighted by molar-refractivity contribution is 6.39. The van der Waals surface area contributed by atoms with Gasteiger partial charge in [-0.25, -0.2) is 5.01 Å². The number of rotatable bonds is 6. The van der Waals surface area contributed by atoms with E-state index in [4.69, 9.17) is 4.74 Å². The summed E-state index contributed by atoms with van der Waals surface area (Å²) in [5, 5.41) is 4.14. The zero-order valence-electron chi connectivity index (χ0n) is 14.4. The normalized spacial score (nSPS) is 13.8.